The molecule has 0 radical (unpaired) electrons. The lowest BCUT2D eigenvalue weighted by Gasteiger charge is -2.20. The Hall–Kier alpha value is -2.58. The molecular weight excluding hydrogens is 396 g/mol. The summed E-state index contributed by atoms with van der Waals surface area (Å²) in [4.78, 5) is 24.8. The van der Waals surface area contributed by atoms with Crippen molar-refractivity contribution in [1.82, 2.24) is 4.68 Å². The summed E-state index contributed by atoms with van der Waals surface area (Å²) in [7, 11) is 0. The number of ether oxygens (including phenoxy) is 2. The smallest absolute Gasteiger partial charge is 0.344 e. The molecule has 1 aliphatic heterocycles. The molecule has 0 atom stereocenters. The zero-order chi connectivity index (χ0) is 20.3. The third kappa shape index (κ3) is 4.28. The molecule has 6 nitrogen and oxygen atoms in total. The van der Waals surface area contributed by atoms with Gasteiger partial charge in [0.15, 0.2) is 10.9 Å². The van der Waals surface area contributed by atoms with Gasteiger partial charge in [0.05, 0.1) is 11.5 Å². The van der Waals surface area contributed by atoms with Crippen LogP contribution in [0, 0.1) is 13.8 Å². The normalized spacial score (nSPS) is 15.4. The van der Waals surface area contributed by atoms with Crippen LogP contribution in [0.2, 0.25) is 0 Å². The van der Waals surface area contributed by atoms with E-state index >= 15 is 0 Å². The largest absolute Gasteiger partial charge is 0.482 e. The molecule has 0 N–H and O–H groups in total. The van der Waals surface area contributed by atoms with Crippen LogP contribution in [0.3, 0.4) is 0 Å². The molecule has 0 bridgehead atoms. The fourth-order valence-electron chi connectivity index (χ4n) is 2.76. The number of hydrogen-bond donors (Lipinski definition) is 0. The van der Waals surface area contributed by atoms with E-state index < -0.39 is 5.97 Å². The van der Waals surface area contributed by atoms with Crippen LogP contribution in [-0.2, 0) is 14.3 Å². The number of carbonyl (C=O) groups excluding carboxylic acids is 2. The van der Waals surface area contributed by atoms with Gasteiger partial charge in [0.2, 0.25) is 0 Å². The van der Waals surface area contributed by atoms with E-state index in [1.165, 1.54) is 16.8 Å². The van der Waals surface area contributed by atoms with Gasteiger partial charge in [0.25, 0.3) is 5.91 Å². The number of amides is 1. The van der Waals surface area contributed by atoms with E-state index in [0.717, 1.165) is 17.0 Å². The number of rotatable bonds is 6. The number of aromatic nitrogens is 1. The Kier molecular flexibility index (Phi) is 6.21. The van der Waals surface area contributed by atoms with Crippen molar-refractivity contribution in [3.05, 3.63) is 58.3 Å². The molecule has 8 heteroatoms. The second-order valence-corrected chi connectivity index (χ2v) is 7.76. The molecule has 2 aromatic rings. The highest BCUT2D eigenvalue weighted by atomic mass is 32.2. The van der Waals surface area contributed by atoms with Crippen molar-refractivity contribution in [1.29, 1.82) is 0 Å². The number of aryl methyl sites for hydroxylation is 2. The molecule has 1 amide bonds. The van der Waals surface area contributed by atoms with Crippen molar-refractivity contribution in [3.8, 4) is 5.75 Å². The Morgan fingerprint density at radius 3 is 2.39 bits per heavy atom. The maximum atomic E-state index is 12.9. The maximum absolute atomic E-state index is 12.9. The lowest BCUT2D eigenvalue weighted by atomic mass is 10.2. The van der Waals surface area contributed by atoms with Gasteiger partial charge in [-0.2, -0.15) is 5.01 Å². The van der Waals surface area contributed by atoms with Crippen molar-refractivity contribution in [2.45, 2.75) is 20.8 Å². The average molecular weight is 417 g/mol. The molecule has 28 heavy (non-hydrogen) atoms. The van der Waals surface area contributed by atoms with E-state index in [2.05, 4.69) is 0 Å². The van der Waals surface area contributed by atoms with E-state index in [-0.39, 0.29) is 12.5 Å². The summed E-state index contributed by atoms with van der Waals surface area (Å²) < 4.78 is 12.5. The van der Waals surface area contributed by atoms with Crippen LogP contribution in [0.1, 0.15) is 23.9 Å². The van der Waals surface area contributed by atoms with Crippen LogP contribution in [0.15, 0.2) is 41.3 Å². The van der Waals surface area contributed by atoms with Crippen molar-refractivity contribution < 1.29 is 19.1 Å². The number of benzene rings is 1. The predicted molar refractivity (Wildman–Crippen MR) is 114 cm³/mol. The summed E-state index contributed by atoms with van der Waals surface area (Å²) in [6.07, 6.45) is 1.79. The lowest BCUT2D eigenvalue weighted by molar-refractivity contribution is -0.145. The summed E-state index contributed by atoms with van der Waals surface area (Å²) in [5.41, 5.74) is 2.72. The standard InChI is InChI=1S/C20H20N2O4S2/c1-4-25-18(23)12-26-16-9-7-15(8-10-16)11-17-19(24)22(20(27)28-17)21-13(2)5-6-14(21)3/h5-11H,4,12H2,1-3H3/b17-11-. The third-order valence-electron chi connectivity index (χ3n) is 4.05. The molecule has 0 spiro atoms. The minimum atomic E-state index is -0.411. The molecular formula is C20H20N2O4S2. The molecule has 1 aliphatic rings. The van der Waals surface area contributed by atoms with E-state index in [9.17, 15) is 9.59 Å². The van der Waals surface area contributed by atoms with Gasteiger partial charge in [-0.25, -0.2) is 4.79 Å². The molecule has 0 saturated carbocycles. The van der Waals surface area contributed by atoms with Gasteiger partial charge in [0, 0.05) is 11.4 Å². The minimum Gasteiger partial charge on any atom is -0.482 e. The first-order chi connectivity index (χ1) is 13.4. The Morgan fingerprint density at radius 2 is 1.79 bits per heavy atom. The first kappa shape index (κ1) is 20.2. The molecule has 0 aliphatic carbocycles. The minimum absolute atomic E-state index is 0.137. The Morgan fingerprint density at radius 1 is 1.14 bits per heavy atom. The molecule has 1 saturated heterocycles. The Balaban J connectivity index is 1.73. The Labute approximate surface area is 173 Å². The molecule has 146 valence electrons. The van der Waals surface area contributed by atoms with E-state index in [1.807, 2.05) is 42.8 Å². The van der Waals surface area contributed by atoms with Crippen LogP contribution in [-0.4, -0.2) is 34.1 Å². The second-order valence-electron chi connectivity index (χ2n) is 6.08. The lowest BCUT2D eigenvalue weighted by Crippen LogP contribution is -2.39. The quantitative estimate of drug-likeness (QED) is 0.408. The van der Waals surface area contributed by atoms with Crippen molar-refractivity contribution in [2.24, 2.45) is 0 Å². The van der Waals surface area contributed by atoms with Gasteiger partial charge in [-0.3, -0.25) is 9.47 Å². The third-order valence-corrected chi connectivity index (χ3v) is 5.33. The first-order valence-corrected chi connectivity index (χ1v) is 9.95. The van der Waals surface area contributed by atoms with Crippen LogP contribution in [0.5, 0.6) is 5.75 Å². The molecule has 2 heterocycles. The van der Waals surface area contributed by atoms with Gasteiger partial charge < -0.3 is 9.47 Å². The average Bonchev–Trinajstić information content (AvgIpc) is 3.13. The molecule has 3 rings (SSSR count). The second kappa shape index (κ2) is 8.62. The highest BCUT2D eigenvalue weighted by Gasteiger charge is 2.34. The SMILES string of the molecule is CCOC(=O)COc1ccc(/C=C2\SC(=S)N(n3c(C)ccc3C)C2=O)cc1. The Bertz CT molecular complexity index is 928. The number of thiocarbonyl (C=S) groups is 1. The zero-order valence-corrected chi connectivity index (χ0v) is 17.4. The van der Waals surface area contributed by atoms with Gasteiger partial charge >= 0.3 is 5.97 Å². The highest BCUT2D eigenvalue weighted by molar-refractivity contribution is 8.27. The first-order valence-electron chi connectivity index (χ1n) is 8.72. The fraction of sp³-hybridized carbons (Fsp3) is 0.250. The number of esters is 1. The number of thioether (sulfide) groups is 1. The van der Waals surface area contributed by atoms with E-state index in [0.29, 0.717) is 21.6 Å². The van der Waals surface area contributed by atoms with Gasteiger partial charge in [-0.15, -0.1) is 0 Å². The molecule has 1 aromatic heterocycles. The van der Waals surface area contributed by atoms with Crippen LogP contribution in [0.25, 0.3) is 6.08 Å². The highest BCUT2D eigenvalue weighted by Crippen LogP contribution is 2.33. The topological polar surface area (TPSA) is 60.8 Å². The number of hydrogen-bond acceptors (Lipinski definition) is 6. The number of carbonyl (C=O) groups is 2. The zero-order valence-electron chi connectivity index (χ0n) is 15.8. The number of nitrogens with zero attached hydrogens (tertiary/aromatic N) is 2. The summed E-state index contributed by atoms with van der Waals surface area (Å²) in [5.74, 6) is -0.0118. The molecule has 1 aromatic carbocycles. The predicted octanol–water partition coefficient (Wildman–Crippen LogP) is 3.58. The van der Waals surface area contributed by atoms with Crippen LogP contribution < -0.4 is 9.75 Å². The van der Waals surface area contributed by atoms with Crippen LogP contribution in [0.4, 0.5) is 0 Å². The molecule has 0 unspecified atom stereocenters. The van der Waals surface area contributed by atoms with Gasteiger partial charge in [0.1, 0.15) is 5.75 Å². The van der Waals surface area contributed by atoms with Crippen LogP contribution >= 0.6 is 24.0 Å². The summed E-state index contributed by atoms with van der Waals surface area (Å²) in [6.45, 7) is 5.80. The fourth-order valence-corrected chi connectivity index (χ4v) is 4.01. The van der Waals surface area contributed by atoms with Gasteiger partial charge in [-0.05, 0) is 68.9 Å². The van der Waals surface area contributed by atoms with Crippen molar-refractivity contribution >= 4 is 46.3 Å². The molecule has 1 fully saturated rings. The monoisotopic (exact) mass is 416 g/mol. The summed E-state index contributed by atoms with van der Waals surface area (Å²) in [6, 6.07) is 11.0. The van der Waals surface area contributed by atoms with Gasteiger partial charge in [-0.1, -0.05) is 23.9 Å². The summed E-state index contributed by atoms with van der Waals surface area (Å²) >= 11 is 6.69. The van der Waals surface area contributed by atoms with E-state index in [4.69, 9.17) is 21.7 Å². The maximum Gasteiger partial charge on any atom is 0.344 e. The van der Waals surface area contributed by atoms with Crippen molar-refractivity contribution in [2.75, 3.05) is 18.2 Å². The van der Waals surface area contributed by atoms with Crippen molar-refractivity contribution in [3.63, 3.8) is 0 Å². The summed E-state index contributed by atoms with van der Waals surface area (Å²) in [5, 5.41) is 1.52. The van der Waals surface area contributed by atoms with E-state index in [1.54, 1.807) is 25.1 Å².